The molecule has 6 heteroatoms. The van der Waals surface area contributed by atoms with E-state index in [1.807, 2.05) is 18.3 Å². The van der Waals surface area contributed by atoms with Crippen LogP contribution < -0.4 is 4.74 Å². The Hall–Kier alpha value is -4.99. The smallest absolute Gasteiger partial charge is 0.509 e. The van der Waals surface area contributed by atoms with E-state index in [9.17, 15) is 0 Å². The average molecular weight is 917 g/mol. The van der Waals surface area contributed by atoms with Gasteiger partial charge in [0.15, 0.2) is 0 Å². The van der Waals surface area contributed by atoms with Crippen molar-refractivity contribution in [3.05, 3.63) is 152 Å². The number of hydrogen-bond donors (Lipinski definition) is 0. The summed E-state index contributed by atoms with van der Waals surface area (Å²) in [6, 6.07) is 33.6. The molecule has 0 saturated heterocycles. The van der Waals surface area contributed by atoms with Gasteiger partial charge in [0, 0.05) is 34.0 Å². The van der Waals surface area contributed by atoms with Gasteiger partial charge in [0.05, 0.1) is 5.52 Å². The molecule has 0 N–H and O–H groups in total. The van der Waals surface area contributed by atoms with E-state index in [-0.39, 0.29) is 32.6 Å². The maximum absolute atomic E-state index is 7.00. The number of ether oxygens (including phenoxy) is 2. The SMILES string of the molecule is Cc1cc(Oc2[c-]c(C3=N[C@]4(C)c5cc(C)cc(C)c5-c5c(C)cc(C)cc5[C@@H]4O3)c(C)cc2C)[c-]c(-n2c3ccc(C(C)(C)C)cc3c3cccnc32)c1.[Pt+2]. The van der Waals surface area contributed by atoms with Crippen molar-refractivity contribution >= 4 is 27.8 Å². The predicted octanol–water partition coefficient (Wildman–Crippen LogP) is 12.4. The Kier molecular flexibility index (Phi) is 9.01. The number of pyridine rings is 1. The molecule has 0 amide bonds. The van der Waals surface area contributed by atoms with Crippen LogP contribution in [0.15, 0.2) is 84.0 Å². The molecule has 284 valence electrons. The molecule has 5 nitrogen and oxygen atoms in total. The second kappa shape index (κ2) is 13.3. The Morgan fingerprint density at radius 1 is 0.750 bits per heavy atom. The van der Waals surface area contributed by atoms with Gasteiger partial charge in [-0.1, -0.05) is 106 Å². The summed E-state index contributed by atoms with van der Waals surface area (Å²) in [6.07, 6.45) is 1.59. The molecule has 5 aromatic carbocycles. The Balaban J connectivity index is 0.00000441. The number of aromatic nitrogens is 2. The molecule has 2 aliphatic rings. The molecular weight excluding hydrogens is 870 g/mol. The Morgan fingerprint density at radius 2 is 1.46 bits per heavy atom. The molecule has 2 atom stereocenters. The van der Waals surface area contributed by atoms with E-state index in [2.05, 4.69) is 154 Å². The van der Waals surface area contributed by atoms with Crippen LogP contribution in [0.4, 0.5) is 0 Å². The number of fused-ring (bicyclic) bond motifs is 9. The van der Waals surface area contributed by atoms with Gasteiger partial charge >= 0.3 is 21.1 Å². The van der Waals surface area contributed by atoms with E-state index in [1.54, 1.807) is 0 Å². The van der Waals surface area contributed by atoms with Gasteiger partial charge in [-0.15, -0.1) is 29.8 Å². The third kappa shape index (κ3) is 5.93. The van der Waals surface area contributed by atoms with Crippen molar-refractivity contribution < 1.29 is 30.5 Å². The topological polar surface area (TPSA) is 48.6 Å². The molecule has 0 spiro atoms. The Morgan fingerprint density at radius 3 is 2.21 bits per heavy atom. The maximum Gasteiger partial charge on any atom is 2.00 e. The summed E-state index contributed by atoms with van der Waals surface area (Å²) in [5.74, 6) is 1.82. The largest absolute Gasteiger partial charge is 2.00 e. The number of aryl methyl sites for hydroxylation is 7. The molecule has 1 aliphatic heterocycles. The van der Waals surface area contributed by atoms with E-state index in [4.69, 9.17) is 19.5 Å². The van der Waals surface area contributed by atoms with Crippen LogP contribution in [0.2, 0.25) is 0 Å². The third-order valence-corrected chi connectivity index (χ3v) is 11.6. The first-order chi connectivity index (χ1) is 26.1. The van der Waals surface area contributed by atoms with Crippen molar-refractivity contribution in [2.75, 3.05) is 0 Å². The monoisotopic (exact) mass is 916 g/mol. The van der Waals surface area contributed by atoms with Crippen molar-refractivity contribution in [2.45, 2.75) is 93.2 Å². The predicted molar refractivity (Wildman–Crippen MR) is 224 cm³/mol. The minimum atomic E-state index is -0.607. The fourth-order valence-corrected chi connectivity index (χ4v) is 9.06. The van der Waals surface area contributed by atoms with Crippen molar-refractivity contribution in [2.24, 2.45) is 4.99 Å². The first-order valence-electron chi connectivity index (χ1n) is 19.3. The van der Waals surface area contributed by atoms with Gasteiger partial charge in [0.25, 0.3) is 0 Å². The summed E-state index contributed by atoms with van der Waals surface area (Å²) in [6.45, 7) is 24.0. The van der Waals surface area contributed by atoms with Gasteiger partial charge in [-0.2, -0.15) is 5.56 Å². The standard InChI is InChI=1S/C50H47N3O2.Pt/c1-27-17-32(6)44-40(21-27)46-50(11,41-22-28(2)18-33(7)45(41)44)52-48(55-46)38-26-43(31(5)23-30(38)4)54-36-20-29(3)19-35(25-36)53-42-15-14-34(49(8,9)10)24-39(42)37-13-12-16-51-47(37)53;/h12-24,46H,1-11H3;/q-2;+2/t46-,50+;/m0./s1. The maximum atomic E-state index is 7.00. The van der Waals surface area contributed by atoms with Crippen molar-refractivity contribution in [1.82, 2.24) is 9.55 Å². The third-order valence-electron chi connectivity index (χ3n) is 11.6. The summed E-state index contributed by atoms with van der Waals surface area (Å²) in [5.41, 5.74) is 17.3. The molecule has 0 unspecified atom stereocenters. The molecule has 7 aromatic rings. The fourth-order valence-electron chi connectivity index (χ4n) is 9.06. The van der Waals surface area contributed by atoms with Crippen LogP contribution in [0.1, 0.15) is 95.0 Å². The molecule has 1 aliphatic carbocycles. The molecular formula is C50H47N3O2Pt. The Labute approximate surface area is 345 Å². The normalized spacial score (nSPS) is 17.2. The van der Waals surface area contributed by atoms with Gasteiger partial charge in [-0.25, -0.2) is 4.98 Å². The molecule has 0 bridgehead atoms. The van der Waals surface area contributed by atoms with Gasteiger partial charge in [0.2, 0.25) is 0 Å². The van der Waals surface area contributed by atoms with Crippen LogP contribution in [-0.4, -0.2) is 15.4 Å². The van der Waals surface area contributed by atoms with E-state index in [0.29, 0.717) is 17.4 Å². The first kappa shape index (κ1) is 37.9. The van der Waals surface area contributed by atoms with Gasteiger partial charge in [-0.05, 0) is 97.7 Å². The van der Waals surface area contributed by atoms with Crippen LogP contribution in [0.3, 0.4) is 0 Å². The minimum absolute atomic E-state index is 0. The Bertz CT molecular complexity index is 2800. The summed E-state index contributed by atoms with van der Waals surface area (Å²) in [4.78, 5) is 10.3. The van der Waals surface area contributed by atoms with Crippen molar-refractivity contribution in [3.63, 3.8) is 0 Å². The van der Waals surface area contributed by atoms with E-state index < -0.39 is 5.54 Å². The van der Waals surface area contributed by atoms with Crippen LogP contribution in [0, 0.1) is 60.6 Å². The number of hydrogen-bond acceptors (Lipinski definition) is 4. The van der Waals surface area contributed by atoms with Gasteiger partial charge < -0.3 is 14.0 Å². The minimum Gasteiger partial charge on any atom is -0.509 e. The van der Waals surface area contributed by atoms with E-state index in [1.165, 1.54) is 55.5 Å². The molecule has 0 fully saturated rings. The van der Waals surface area contributed by atoms with Crippen LogP contribution in [0.25, 0.3) is 38.8 Å². The quantitative estimate of drug-likeness (QED) is 0.165. The summed E-state index contributed by atoms with van der Waals surface area (Å²) < 4.78 is 15.9. The molecule has 0 radical (unpaired) electrons. The van der Waals surface area contributed by atoms with Crippen LogP contribution in [-0.2, 0) is 36.8 Å². The molecule has 56 heavy (non-hydrogen) atoms. The van der Waals surface area contributed by atoms with Crippen molar-refractivity contribution in [1.29, 1.82) is 0 Å². The zero-order chi connectivity index (χ0) is 38.7. The molecule has 3 heterocycles. The number of benzene rings is 5. The zero-order valence-corrected chi connectivity index (χ0v) is 36.3. The van der Waals surface area contributed by atoms with Crippen molar-refractivity contribution in [3.8, 4) is 28.3 Å². The fraction of sp³-hybridized carbons (Fsp3) is 0.280. The molecule has 2 aromatic heterocycles. The molecule has 9 rings (SSSR count). The van der Waals surface area contributed by atoms with Crippen LogP contribution in [0.5, 0.6) is 11.5 Å². The van der Waals surface area contributed by atoms with Gasteiger partial charge in [-0.3, -0.25) is 4.99 Å². The van der Waals surface area contributed by atoms with E-state index >= 15 is 0 Å². The number of aliphatic imine (C=N–C) groups is 1. The number of nitrogens with zero attached hydrogens (tertiary/aromatic N) is 3. The summed E-state index contributed by atoms with van der Waals surface area (Å²) >= 11 is 0. The summed E-state index contributed by atoms with van der Waals surface area (Å²) in [7, 11) is 0. The van der Waals surface area contributed by atoms with Crippen LogP contribution >= 0.6 is 0 Å². The second-order valence-corrected chi connectivity index (χ2v) is 17.2. The average Bonchev–Trinajstić information content (AvgIpc) is 3.64. The second-order valence-electron chi connectivity index (χ2n) is 17.2. The zero-order valence-electron chi connectivity index (χ0n) is 34.1. The van der Waals surface area contributed by atoms with E-state index in [0.717, 1.165) is 44.5 Å². The number of rotatable bonds is 4. The van der Waals surface area contributed by atoms with Gasteiger partial charge in [0.1, 0.15) is 23.2 Å². The first-order valence-corrected chi connectivity index (χ1v) is 19.3. The summed E-state index contributed by atoms with van der Waals surface area (Å²) in [5, 5.41) is 2.29. The molecule has 0 saturated carbocycles.